The van der Waals surface area contributed by atoms with Crippen molar-refractivity contribution >= 4 is 28.3 Å². The van der Waals surface area contributed by atoms with Crippen LogP contribution in [-0.2, 0) is 9.59 Å². The van der Waals surface area contributed by atoms with Crippen LogP contribution in [0.25, 0.3) is 0 Å². The minimum Gasteiger partial charge on any atom is -0.338 e. The van der Waals surface area contributed by atoms with E-state index < -0.39 is 17.8 Å². The topological polar surface area (TPSA) is 75.2 Å². The van der Waals surface area contributed by atoms with E-state index in [-0.39, 0.29) is 18.2 Å². The molecule has 2 heterocycles. The van der Waals surface area contributed by atoms with Crippen molar-refractivity contribution in [1.29, 1.82) is 0 Å². The molecule has 8 heteroatoms. The Balaban J connectivity index is 1.88. The summed E-state index contributed by atoms with van der Waals surface area (Å²) in [5.41, 5.74) is 2.11. The standard InChI is InChI=1S/C14H13FN4O2S/c1-19-11(20)6-10(13(21)17-14-18-16-7-22-14)12(19)8-3-2-4-9(15)5-8/h2-5,7,10,12H,6H2,1H3,(H,17,18,21)/t10-,12-/m0/s1. The molecule has 3 rings (SSSR count). The molecule has 1 aliphatic rings. The molecule has 2 aromatic rings. The number of likely N-dealkylation sites (tertiary alicyclic amines) is 1. The van der Waals surface area contributed by atoms with Crippen LogP contribution >= 0.6 is 11.3 Å². The summed E-state index contributed by atoms with van der Waals surface area (Å²) >= 11 is 1.20. The Kier molecular flexibility index (Phi) is 3.84. The summed E-state index contributed by atoms with van der Waals surface area (Å²) in [5, 5.41) is 10.4. The number of hydrogen-bond donors (Lipinski definition) is 1. The van der Waals surface area contributed by atoms with Crippen molar-refractivity contribution in [2.24, 2.45) is 5.92 Å². The van der Waals surface area contributed by atoms with Crippen LogP contribution in [0.15, 0.2) is 29.8 Å². The minimum absolute atomic E-state index is 0.0856. The summed E-state index contributed by atoms with van der Waals surface area (Å²) in [4.78, 5) is 25.9. The number of rotatable bonds is 3. The fraction of sp³-hybridized carbons (Fsp3) is 0.286. The normalized spacial score (nSPS) is 21.2. The molecule has 1 aliphatic heterocycles. The highest BCUT2D eigenvalue weighted by molar-refractivity contribution is 7.13. The van der Waals surface area contributed by atoms with E-state index in [0.29, 0.717) is 10.7 Å². The Bertz CT molecular complexity index is 707. The first kappa shape index (κ1) is 14.6. The van der Waals surface area contributed by atoms with E-state index in [4.69, 9.17) is 0 Å². The molecule has 1 aromatic heterocycles. The van der Waals surface area contributed by atoms with E-state index in [1.54, 1.807) is 19.2 Å². The molecule has 0 spiro atoms. The van der Waals surface area contributed by atoms with E-state index in [9.17, 15) is 14.0 Å². The Morgan fingerprint density at radius 3 is 3.00 bits per heavy atom. The molecular weight excluding hydrogens is 307 g/mol. The molecule has 2 amide bonds. The number of anilines is 1. The zero-order valence-corrected chi connectivity index (χ0v) is 12.5. The SMILES string of the molecule is CN1C(=O)C[C@H](C(=O)Nc2nncs2)[C@@H]1c1cccc(F)c1. The van der Waals surface area contributed by atoms with Crippen LogP contribution < -0.4 is 5.32 Å². The number of halogens is 1. The number of benzene rings is 1. The van der Waals surface area contributed by atoms with Crippen LogP contribution in [0.1, 0.15) is 18.0 Å². The summed E-state index contributed by atoms with van der Waals surface area (Å²) in [6, 6.07) is 5.48. The van der Waals surface area contributed by atoms with Gasteiger partial charge in [-0.1, -0.05) is 23.5 Å². The summed E-state index contributed by atoms with van der Waals surface area (Å²) in [6.45, 7) is 0. The van der Waals surface area contributed by atoms with Crippen molar-refractivity contribution in [1.82, 2.24) is 15.1 Å². The maximum Gasteiger partial charge on any atom is 0.232 e. The Hall–Kier alpha value is -2.35. The maximum absolute atomic E-state index is 13.5. The number of carbonyl (C=O) groups excluding carboxylic acids is 2. The first-order valence-electron chi connectivity index (χ1n) is 6.64. The maximum atomic E-state index is 13.5. The molecule has 0 unspecified atom stereocenters. The molecule has 0 radical (unpaired) electrons. The molecule has 1 aromatic carbocycles. The lowest BCUT2D eigenvalue weighted by molar-refractivity contribution is -0.127. The smallest absolute Gasteiger partial charge is 0.232 e. The van der Waals surface area contributed by atoms with E-state index in [0.717, 1.165) is 0 Å². The Morgan fingerprint density at radius 1 is 1.50 bits per heavy atom. The van der Waals surface area contributed by atoms with Crippen molar-refractivity contribution in [2.45, 2.75) is 12.5 Å². The number of amides is 2. The Morgan fingerprint density at radius 2 is 2.32 bits per heavy atom. The van der Waals surface area contributed by atoms with E-state index in [2.05, 4.69) is 15.5 Å². The lowest BCUT2D eigenvalue weighted by Gasteiger charge is -2.24. The van der Waals surface area contributed by atoms with Gasteiger partial charge in [0, 0.05) is 13.5 Å². The van der Waals surface area contributed by atoms with Gasteiger partial charge in [-0.15, -0.1) is 10.2 Å². The van der Waals surface area contributed by atoms with Gasteiger partial charge in [0.15, 0.2) is 0 Å². The average molecular weight is 320 g/mol. The number of nitrogens with zero attached hydrogens (tertiary/aromatic N) is 3. The van der Waals surface area contributed by atoms with Gasteiger partial charge in [0.1, 0.15) is 11.3 Å². The molecule has 1 N–H and O–H groups in total. The summed E-state index contributed by atoms with van der Waals surface area (Å²) in [5.74, 6) is -1.45. The second-order valence-electron chi connectivity index (χ2n) is 5.05. The molecule has 6 nitrogen and oxygen atoms in total. The zero-order chi connectivity index (χ0) is 15.7. The van der Waals surface area contributed by atoms with Gasteiger partial charge >= 0.3 is 0 Å². The van der Waals surface area contributed by atoms with Crippen molar-refractivity contribution in [3.63, 3.8) is 0 Å². The van der Waals surface area contributed by atoms with E-state index in [1.165, 1.54) is 33.9 Å². The highest BCUT2D eigenvalue weighted by Gasteiger charge is 2.42. The molecule has 1 fully saturated rings. The van der Waals surface area contributed by atoms with E-state index >= 15 is 0 Å². The number of nitrogens with one attached hydrogen (secondary N) is 1. The fourth-order valence-electron chi connectivity index (χ4n) is 2.68. The van der Waals surface area contributed by atoms with Crippen molar-refractivity contribution in [2.75, 3.05) is 12.4 Å². The van der Waals surface area contributed by atoms with Crippen LogP contribution in [-0.4, -0.2) is 34.0 Å². The molecule has 1 saturated heterocycles. The summed E-state index contributed by atoms with van der Waals surface area (Å²) < 4.78 is 13.5. The predicted molar refractivity (Wildman–Crippen MR) is 78.6 cm³/mol. The first-order valence-corrected chi connectivity index (χ1v) is 7.52. The minimum atomic E-state index is -0.594. The summed E-state index contributed by atoms with van der Waals surface area (Å²) in [7, 11) is 1.62. The lowest BCUT2D eigenvalue weighted by Crippen LogP contribution is -2.30. The highest BCUT2D eigenvalue weighted by Crippen LogP contribution is 2.37. The fourth-order valence-corrected chi connectivity index (χ4v) is 3.12. The number of carbonyl (C=O) groups is 2. The van der Waals surface area contributed by atoms with E-state index in [1.807, 2.05) is 0 Å². The predicted octanol–water partition coefficient (Wildman–Crippen LogP) is 1.84. The molecule has 2 atom stereocenters. The van der Waals surface area contributed by atoms with Crippen molar-refractivity contribution in [3.8, 4) is 0 Å². The first-order chi connectivity index (χ1) is 10.6. The van der Waals surface area contributed by atoms with Crippen LogP contribution in [0.5, 0.6) is 0 Å². The van der Waals surface area contributed by atoms with Crippen molar-refractivity contribution < 1.29 is 14.0 Å². The monoisotopic (exact) mass is 320 g/mol. The van der Waals surface area contributed by atoms with Gasteiger partial charge in [-0.25, -0.2) is 4.39 Å². The van der Waals surface area contributed by atoms with Gasteiger partial charge in [0.2, 0.25) is 16.9 Å². The second-order valence-corrected chi connectivity index (χ2v) is 5.88. The Labute approximate surface area is 130 Å². The number of aromatic nitrogens is 2. The quantitative estimate of drug-likeness (QED) is 0.936. The van der Waals surface area contributed by atoms with Gasteiger partial charge in [-0.2, -0.15) is 0 Å². The van der Waals surface area contributed by atoms with Crippen LogP contribution in [0.4, 0.5) is 9.52 Å². The third kappa shape index (κ3) is 2.69. The van der Waals surface area contributed by atoms with Gasteiger partial charge in [0.05, 0.1) is 12.0 Å². The molecule has 0 bridgehead atoms. The third-order valence-electron chi connectivity index (χ3n) is 3.70. The third-order valence-corrected chi connectivity index (χ3v) is 4.31. The molecule has 22 heavy (non-hydrogen) atoms. The van der Waals surface area contributed by atoms with Gasteiger partial charge in [-0.3, -0.25) is 9.59 Å². The largest absolute Gasteiger partial charge is 0.338 e. The van der Waals surface area contributed by atoms with Gasteiger partial charge in [0.25, 0.3) is 0 Å². The van der Waals surface area contributed by atoms with Gasteiger partial charge in [-0.05, 0) is 17.7 Å². The van der Waals surface area contributed by atoms with Crippen LogP contribution in [0.3, 0.4) is 0 Å². The van der Waals surface area contributed by atoms with Gasteiger partial charge < -0.3 is 10.2 Å². The highest BCUT2D eigenvalue weighted by atomic mass is 32.1. The lowest BCUT2D eigenvalue weighted by atomic mass is 9.93. The molecule has 114 valence electrons. The average Bonchev–Trinajstić information content (AvgIpc) is 3.08. The van der Waals surface area contributed by atoms with Crippen LogP contribution in [0, 0.1) is 11.7 Å². The zero-order valence-electron chi connectivity index (χ0n) is 11.7. The molecule has 0 aliphatic carbocycles. The summed E-state index contributed by atoms with van der Waals surface area (Å²) in [6.07, 6.45) is 0.0856. The second kappa shape index (κ2) is 5.80. The number of hydrogen-bond acceptors (Lipinski definition) is 5. The van der Waals surface area contributed by atoms with Crippen molar-refractivity contribution in [3.05, 3.63) is 41.2 Å². The van der Waals surface area contributed by atoms with Crippen LogP contribution in [0.2, 0.25) is 0 Å². The molecular formula is C14H13FN4O2S. The molecule has 0 saturated carbocycles.